The summed E-state index contributed by atoms with van der Waals surface area (Å²) in [5.74, 6) is 6.01. The van der Waals surface area contributed by atoms with Gasteiger partial charge in [-0.2, -0.15) is 0 Å². The SMILES string of the molecule is C=C/C(I)=C1/C=CC(C(C)(C)COCC(=O)N(C)C)=CN1N. The molecule has 0 aromatic rings. The Bertz CT molecular complexity index is 534. The van der Waals surface area contributed by atoms with Gasteiger partial charge in [-0.05, 0) is 34.2 Å². The van der Waals surface area contributed by atoms with Gasteiger partial charge in [0.15, 0.2) is 0 Å². The molecule has 1 aliphatic heterocycles. The maximum atomic E-state index is 11.5. The van der Waals surface area contributed by atoms with Gasteiger partial charge in [0.2, 0.25) is 5.91 Å². The maximum Gasteiger partial charge on any atom is 0.248 e. The third kappa shape index (κ3) is 4.96. The zero-order valence-corrected chi connectivity index (χ0v) is 15.8. The van der Waals surface area contributed by atoms with E-state index in [9.17, 15) is 4.79 Å². The Hall–Kier alpha value is -1.12. The van der Waals surface area contributed by atoms with Gasteiger partial charge in [-0.15, -0.1) is 0 Å². The number of carbonyl (C=O) groups is 1. The van der Waals surface area contributed by atoms with Crippen molar-refractivity contribution in [3.05, 3.63) is 45.9 Å². The minimum atomic E-state index is -0.244. The van der Waals surface area contributed by atoms with Crippen LogP contribution in [0, 0.1) is 5.41 Å². The predicted molar refractivity (Wildman–Crippen MR) is 97.8 cm³/mol. The zero-order chi connectivity index (χ0) is 16.9. The molecule has 0 bridgehead atoms. The molecule has 5 nitrogen and oxygen atoms in total. The van der Waals surface area contributed by atoms with Crippen LogP contribution in [-0.2, 0) is 9.53 Å². The molecular formula is C16H24IN3O2. The van der Waals surface area contributed by atoms with Crippen LogP contribution < -0.4 is 5.84 Å². The lowest BCUT2D eigenvalue weighted by Crippen LogP contribution is -2.32. The van der Waals surface area contributed by atoms with Gasteiger partial charge in [0.1, 0.15) is 6.61 Å². The zero-order valence-electron chi connectivity index (χ0n) is 13.6. The molecule has 22 heavy (non-hydrogen) atoms. The Balaban J connectivity index is 2.73. The molecule has 0 saturated carbocycles. The third-order valence-corrected chi connectivity index (χ3v) is 4.36. The summed E-state index contributed by atoms with van der Waals surface area (Å²) in [5.41, 5.74) is 1.70. The van der Waals surface area contributed by atoms with Crippen molar-refractivity contribution in [3.8, 4) is 0 Å². The minimum absolute atomic E-state index is 0.0461. The molecule has 6 heteroatoms. The van der Waals surface area contributed by atoms with E-state index in [1.54, 1.807) is 25.2 Å². The van der Waals surface area contributed by atoms with Crippen molar-refractivity contribution in [2.24, 2.45) is 11.3 Å². The minimum Gasteiger partial charge on any atom is -0.371 e. The molecule has 0 aromatic heterocycles. The van der Waals surface area contributed by atoms with Gasteiger partial charge in [-0.25, -0.2) is 5.84 Å². The fraction of sp³-hybridized carbons (Fsp3) is 0.438. The molecule has 0 atom stereocenters. The summed E-state index contributed by atoms with van der Waals surface area (Å²) >= 11 is 2.20. The highest BCUT2D eigenvalue weighted by Crippen LogP contribution is 2.32. The number of hydrazine groups is 1. The van der Waals surface area contributed by atoms with E-state index in [-0.39, 0.29) is 17.9 Å². The number of ether oxygens (including phenoxy) is 1. The summed E-state index contributed by atoms with van der Waals surface area (Å²) in [7, 11) is 3.43. The van der Waals surface area contributed by atoms with Crippen LogP contribution in [0.1, 0.15) is 13.8 Å². The van der Waals surface area contributed by atoms with Crippen LogP contribution in [0.4, 0.5) is 0 Å². The number of nitrogens with two attached hydrogens (primary N) is 1. The lowest BCUT2D eigenvalue weighted by Gasteiger charge is -2.31. The number of likely N-dealkylation sites (N-methyl/N-ethyl adjacent to an activating group) is 1. The van der Waals surface area contributed by atoms with E-state index >= 15 is 0 Å². The smallest absolute Gasteiger partial charge is 0.248 e. The van der Waals surface area contributed by atoms with Crippen LogP contribution in [0.3, 0.4) is 0 Å². The number of amides is 1. The van der Waals surface area contributed by atoms with Gasteiger partial charge in [-0.1, -0.05) is 32.6 Å². The fourth-order valence-electron chi connectivity index (χ4n) is 1.83. The maximum absolute atomic E-state index is 11.5. The highest BCUT2D eigenvalue weighted by molar-refractivity contribution is 14.1. The van der Waals surface area contributed by atoms with E-state index in [4.69, 9.17) is 10.6 Å². The first kappa shape index (κ1) is 18.9. The molecule has 122 valence electrons. The van der Waals surface area contributed by atoms with E-state index in [1.165, 1.54) is 4.90 Å². The Morgan fingerprint density at radius 2 is 2.14 bits per heavy atom. The molecule has 1 heterocycles. The number of rotatable bonds is 6. The van der Waals surface area contributed by atoms with E-state index < -0.39 is 0 Å². The van der Waals surface area contributed by atoms with Gasteiger partial charge in [0.25, 0.3) is 0 Å². The van der Waals surface area contributed by atoms with Gasteiger partial charge in [0.05, 0.1) is 12.3 Å². The van der Waals surface area contributed by atoms with Crippen LogP contribution >= 0.6 is 22.6 Å². The summed E-state index contributed by atoms with van der Waals surface area (Å²) in [6, 6.07) is 0. The highest BCUT2D eigenvalue weighted by Gasteiger charge is 2.25. The van der Waals surface area contributed by atoms with Gasteiger partial charge >= 0.3 is 0 Å². The summed E-state index contributed by atoms with van der Waals surface area (Å²) in [4.78, 5) is 13.1. The Labute approximate surface area is 146 Å². The monoisotopic (exact) mass is 417 g/mol. The predicted octanol–water partition coefficient (Wildman–Crippen LogP) is 2.58. The topological polar surface area (TPSA) is 58.8 Å². The Morgan fingerprint density at radius 1 is 1.50 bits per heavy atom. The molecule has 1 aliphatic rings. The lowest BCUT2D eigenvalue weighted by molar-refractivity contribution is -0.134. The molecule has 1 amide bonds. The largest absolute Gasteiger partial charge is 0.371 e. The molecule has 0 unspecified atom stereocenters. The van der Waals surface area contributed by atoms with E-state index in [2.05, 4.69) is 43.0 Å². The summed E-state index contributed by atoms with van der Waals surface area (Å²) in [5, 5.41) is 1.59. The number of allylic oxidation sites excluding steroid dienone is 4. The van der Waals surface area contributed by atoms with Crippen molar-refractivity contribution in [2.45, 2.75) is 13.8 Å². The van der Waals surface area contributed by atoms with Crippen molar-refractivity contribution < 1.29 is 9.53 Å². The van der Waals surface area contributed by atoms with Crippen LogP contribution in [0.5, 0.6) is 0 Å². The first-order chi connectivity index (χ1) is 10.2. The lowest BCUT2D eigenvalue weighted by atomic mass is 9.84. The fourth-order valence-corrected chi connectivity index (χ4v) is 2.29. The second kappa shape index (κ2) is 7.94. The molecule has 0 spiro atoms. The second-order valence-electron chi connectivity index (χ2n) is 5.93. The molecule has 0 fully saturated rings. The van der Waals surface area contributed by atoms with Crippen molar-refractivity contribution in [1.82, 2.24) is 9.91 Å². The van der Waals surface area contributed by atoms with Crippen molar-refractivity contribution >= 4 is 28.5 Å². The summed E-state index contributed by atoms with van der Waals surface area (Å²) < 4.78 is 6.53. The van der Waals surface area contributed by atoms with E-state index in [0.29, 0.717) is 6.61 Å². The molecule has 2 N–H and O–H groups in total. The van der Waals surface area contributed by atoms with Crippen LogP contribution in [-0.4, -0.2) is 43.1 Å². The average Bonchev–Trinajstić information content (AvgIpc) is 2.45. The van der Waals surface area contributed by atoms with E-state index in [1.807, 2.05) is 18.4 Å². The van der Waals surface area contributed by atoms with Crippen LogP contribution in [0.2, 0.25) is 0 Å². The van der Waals surface area contributed by atoms with Crippen LogP contribution in [0.15, 0.2) is 45.9 Å². The average molecular weight is 417 g/mol. The van der Waals surface area contributed by atoms with Gasteiger partial charge < -0.3 is 9.64 Å². The standard InChI is InChI=1S/C16H24IN3O2/c1-6-13(17)14-8-7-12(9-20(14)18)16(2,3)11-22-10-15(21)19(4)5/h6-9H,1,10-11,18H2,2-5H3/b14-13+. The van der Waals surface area contributed by atoms with Crippen molar-refractivity contribution in [3.63, 3.8) is 0 Å². The first-order valence-electron chi connectivity index (χ1n) is 6.93. The Morgan fingerprint density at radius 3 is 2.64 bits per heavy atom. The van der Waals surface area contributed by atoms with Crippen LogP contribution in [0.25, 0.3) is 0 Å². The number of carbonyl (C=O) groups excluding carboxylic acids is 1. The summed E-state index contributed by atoms with van der Waals surface area (Å²) in [6.07, 6.45) is 7.64. The number of hydrogen-bond acceptors (Lipinski definition) is 4. The number of hydrogen-bond donors (Lipinski definition) is 1. The van der Waals surface area contributed by atoms with Crippen molar-refractivity contribution in [1.29, 1.82) is 0 Å². The molecular weight excluding hydrogens is 393 g/mol. The quantitative estimate of drug-likeness (QED) is 0.533. The number of nitrogens with zero attached hydrogens (tertiary/aromatic N) is 2. The molecule has 0 saturated heterocycles. The Kier molecular flexibility index (Phi) is 6.83. The first-order valence-corrected chi connectivity index (χ1v) is 8.01. The number of halogens is 1. The molecule has 0 radical (unpaired) electrons. The van der Waals surface area contributed by atoms with Gasteiger partial charge in [0, 0.05) is 29.3 Å². The molecule has 1 rings (SSSR count). The molecule has 0 aromatic carbocycles. The highest BCUT2D eigenvalue weighted by atomic mass is 127. The van der Waals surface area contributed by atoms with E-state index in [0.717, 1.165) is 14.8 Å². The normalized spacial score (nSPS) is 17.2. The summed E-state index contributed by atoms with van der Waals surface area (Å²) in [6.45, 7) is 8.39. The van der Waals surface area contributed by atoms with Crippen molar-refractivity contribution in [2.75, 3.05) is 27.3 Å². The second-order valence-corrected chi connectivity index (χ2v) is 7.09. The molecule has 0 aliphatic carbocycles. The third-order valence-electron chi connectivity index (χ3n) is 3.37. The van der Waals surface area contributed by atoms with Gasteiger partial charge in [-0.3, -0.25) is 9.80 Å².